The lowest BCUT2D eigenvalue weighted by Gasteiger charge is -2.28. The summed E-state index contributed by atoms with van der Waals surface area (Å²) in [4.78, 5) is 0.800. The fourth-order valence-corrected chi connectivity index (χ4v) is 7.30. The zero-order valence-electron chi connectivity index (χ0n) is 14.3. The molecule has 124 valence electrons. The zero-order chi connectivity index (χ0) is 17.0. The van der Waals surface area contributed by atoms with Crippen molar-refractivity contribution >= 4 is 18.9 Å². The van der Waals surface area contributed by atoms with Gasteiger partial charge in [-0.15, -0.1) is 0 Å². The Morgan fingerprint density at radius 1 is 1.00 bits per heavy atom. The molecule has 2 aromatic rings. The van der Waals surface area contributed by atoms with Crippen LogP contribution in [0.5, 0.6) is 0 Å². The van der Waals surface area contributed by atoms with Crippen LogP contribution in [-0.2, 0) is 10.8 Å². The van der Waals surface area contributed by atoms with Crippen LogP contribution in [0.1, 0.15) is 17.2 Å². The van der Waals surface area contributed by atoms with Crippen molar-refractivity contribution in [3.05, 3.63) is 65.7 Å². The first-order valence-corrected chi connectivity index (χ1v) is 12.9. The van der Waals surface area contributed by atoms with Crippen LogP contribution in [0.2, 0.25) is 25.7 Å². The van der Waals surface area contributed by atoms with E-state index < -0.39 is 25.0 Å². The maximum Gasteiger partial charge on any atom is 0.0934 e. The molecule has 0 spiro atoms. The molecule has 2 nitrogen and oxygen atoms in total. The van der Waals surface area contributed by atoms with Crippen molar-refractivity contribution in [2.45, 2.75) is 48.9 Å². The molecule has 0 saturated carbocycles. The predicted molar refractivity (Wildman–Crippen MR) is 101 cm³/mol. The lowest BCUT2D eigenvalue weighted by molar-refractivity contribution is 0.177. The van der Waals surface area contributed by atoms with Crippen molar-refractivity contribution < 1.29 is 9.32 Å². The average molecular weight is 347 g/mol. The summed E-state index contributed by atoms with van der Waals surface area (Å²) in [6.07, 6.45) is -0.704. The van der Waals surface area contributed by atoms with Gasteiger partial charge >= 0.3 is 0 Å². The molecule has 2 aromatic carbocycles. The van der Waals surface area contributed by atoms with E-state index in [1.807, 2.05) is 61.5 Å². The molecule has 0 aliphatic carbocycles. The Morgan fingerprint density at radius 3 is 2.09 bits per heavy atom. The highest BCUT2D eigenvalue weighted by molar-refractivity contribution is 7.85. The highest BCUT2D eigenvalue weighted by atomic mass is 32.2. The lowest BCUT2D eigenvalue weighted by Crippen LogP contribution is -2.33. The van der Waals surface area contributed by atoms with Crippen LogP contribution >= 0.6 is 0 Å². The van der Waals surface area contributed by atoms with E-state index in [9.17, 15) is 9.32 Å². The molecule has 0 fully saturated rings. The fraction of sp³-hybridized carbons (Fsp3) is 0.368. The van der Waals surface area contributed by atoms with Crippen LogP contribution in [0.4, 0.5) is 0 Å². The average Bonchev–Trinajstić information content (AvgIpc) is 2.52. The summed E-state index contributed by atoms with van der Waals surface area (Å²) >= 11 is 0. The normalized spacial score (nSPS) is 15.9. The topological polar surface area (TPSA) is 37.3 Å². The molecule has 0 aliphatic rings. The van der Waals surface area contributed by atoms with Crippen LogP contribution in [0.3, 0.4) is 0 Å². The minimum atomic E-state index is -1.48. The van der Waals surface area contributed by atoms with Crippen LogP contribution in [0, 0.1) is 6.92 Å². The van der Waals surface area contributed by atoms with Crippen LogP contribution in [-0.4, -0.2) is 22.6 Å². The molecule has 2 rings (SSSR count). The second-order valence-corrected chi connectivity index (χ2v) is 14.5. The highest BCUT2D eigenvalue weighted by Gasteiger charge is 2.32. The van der Waals surface area contributed by atoms with Crippen molar-refractivity contribution in [3.8, 4) is 0 Å². The van der Waals surface area contributed by atoms with E-state index in [4.69, 9.17) is 0 Å². The van der Waals surface area contributed by atoms with Crippen LogP contribution < -0.4 is 0 Å². The standard InChI is InChI=1S/C19H26O2SSi/c1-15-10-12-17(13-11-15)22(21)18(14-23(2,3)4)19(20)16-8-6-5-7-9-16/h5-13,18-20H,14H2,1-4H3/t18-,19-,22-/m0/s1. The maximum atomic E-state index is 13.1. The summed E-state index contributed by atoms with van der Waals surface area (Å²) in [5, 5.41) is 10.6. The second-order valence-electron chi connectivity index (χ2n) is 7.27. The van der Waals surface area contributed by atoms with Crippen LogP contribution in [0.25, 0.3) is 0 Å². The molecule has 0 radical (unpaired) electrons. The molecule has 0 saturated heterocycles. The van der Waals surface area contributed by atoms with E-state index in [-0.39, 0.29) is 5.25 Å². The van der Waals surface area contributed by atoms with Gasteiger partial charge in [0.15, 0.2) is 0 Å². The third kappa shape index (κ3) is 5.13. The van der Waals surface area contributed by atoms with Gasteiger partial charge in [-0.2, -0.15) is 0 Å². The highest BCUT2D eigenvalue weighted by Crippen LogP contribution is 2.30. The third-order valence-corrected chi connectivity index (χ3v) is 7.51. The van der Waals surface area contributed by atoms with Crippen LogP contribution in [0.15, 0.2) is 59.5 Å². The summed E-state index contributed by atoms with van der Waals surface area (Å²) in [5.74, 6) is 0. The Morgan fingerprint density at radius 2 is 1.57 bits per heavy atom. The molecule has 4 heteroatoms. The first-order chi connectivity index (χ1) is 10.8. The van der Waals surface area contributed by atoms with E-state index >= 15 is 0 Å². The van der Waals surface area contributed by atoms with Gasteiger partial charge in [0.1, 0.15) is 0 Å². The van der Waals surface area contributed by atoms with Gasteiger partial charge in [0, 0.05) is 13.0 Å². The molecular weight excluding hydrogens is 320 g/mol. The molecule has 0 amide bonds. The minimum absolute atomic E-state index is 0.272. The Labute approximate surface area is 143 Å². The SMILES string of the molecule is Cc1ccc([S@](=O)[C@@H](C[Si](C)(C)C)[C@@H](O)c2ccccc2)cc1. The van der Waals surface area contributed by atoms with Gasteiger partial charge in [-0.3, -0.25) is 4.21 Å². The summed E-state index contributed by atoms with van der Waals surface area (Å²) in [6, 6.07) is 18.2. The van der Waals surface area contributed by atoms with Crippen molar-refractivity contribution in [1.29, 1.82) is 0 Å². The summed E-state index contributed by atoms with van der Waals surface area (Å²) in [5.41, 5.74) is 1.99. The number of hydrogen-bond donors (Lipinski definition) is 1. The maximum absolute atomic E-state index is 13.1. The van der Waals surface area contributed by atoms with E-state index in [2.05, 4.69) is 19.6 Å². The third-order valence-electron chi connectivity index (χ3n) is 3.84. The Balaban J connectivity index is 2.33. The van der Waals surface area contributed by atoms with Crippen molar-refractivity contribution in [2.75, 3.05) is 0 Å². The molecular formula is C19H26O2SSi. The molecule has 0 aromatic heterocycles. The van der Waals surface area contributed by atoms with E-state index in [0.29, 0.717) is 0 Å². The summed E-state index contributed by atoms with van der Waals surface area (Å²) in [7, 11) is -2.70. The number of aliphatic hydroxyl groups is 1. The van der Waals surface area contributed by atoms with E-state index in [1.54, 1.807) is 0 Å². The smallest absolute Gasteiger partial charge is 0.0934 e. The second kappa shape index (κ2) is 7.56. The molecule has 3 atom stereocenters. The van der Waals surface area contributed by atoms with Gasteiger partial charge in [-0.1, -0.05) is 67.7 Å². The Kier molecular flexibility index (Phi) is 5.95. The predicted octanol–water partition coefficient (Wildman–Crippen LogP) is 4.54. The van der Waals surface area contributed by atoms with Gasteiger partial charge in [-0.05, 0) is 30.7 Å². The first kappa shape index (κ1) is 18.1. The summed E-state index contributed by atoms with van der Waals surface area (Å²) < 4.78 is 13.1. The van der Waals surface area contributed by atoms with Gasteiger partial charge in [0.2, 0.25) is 0 Å². The molecule has 0 unspecified atom stereocenters. The van der Waals surface area contributed by atoms with Gasteiger partial charge in [-0.25, -0.2) is 0 Å². The van der Waals surface area contributed by atoms with E-state index in [0.717, 1.165) is 22.1 Å². The molecule has 23 heavy (non-hydrogen) atoms. The van der Waals surface area contributed by atoms with E-state index in [1.165, 1.54) is 0 Å². The largest absolute Gasteiger partial charge is 0.387 e. The van der Waals surface area contributed by atoms with Gasteiger partial charge in [0.25, 0.3) is 0 Å². The summed E-state index contributed by atoms with van der Waals surface area (Å²) in [6.45, 7) is 8.78. The number of hydrogen-bond acceptors (Lipinski definition) is 2. The van der Waals surface area contributed by atoms with Crippen molar-refractivity contribution in [2.24, 2.45) is 0 Å². The minimum Gasteiger partial charge on any atom is -0.387 e. The molecule has 0 heterocycles. The number of aryl methyl sites for hydroxylation is 1. The molecule has 0 bridgehead atoms. The fourth-order valence-electron chi connectivity index (χ4n) is 2.62. The van der Waals surface area contributed by atoms with Crippen molar-refractivity contribution in [3.63, 3.8) is 0 Å². The molecule has 1 N–H and O–H groups in total. The van der Waals surface area contributed by atoms with Crippen molar-refractivity contribution in [1.82, 2.24) is 0 Å². The van der Waals surface area contributed by atoms with Gasteiger partial charge in [0.05, 0.1) is 22.2 Å². The first-order valence-electron chi connectivity index (χ1n) is 7.98. The van der Waals surface area contributed by atoms with Gasteiger partial charge < -0.3 is 5.11 Å². The lowest BCUT2D eigenvalue weighted by atomic mass is 10.1. The monoisotopic (exact) mass is 346 g/mol. The zero-order valence-corrected chi connectivity index (χ0v) is 16.1. The quantitative estimate of drug-likeness (QED) is 0.780. The number of rotatable bonds is 6. The Hall–Kier alpha value is -1.23. The molecule has 0 aliphatic heterocycles. The Bertz CT molecular complexity index is 647. The number of aliphatic hydroxyl groups excluding tert-OH is 1. The number of benzene rings is 2.